The van der Waals surface area contributed by atoms with E-state index < -0.39 is 5.97 Å². The van der Waals surface area contributed by atoms with Gasteiger partial charge in [-0.25, -0.2) is 4.79 Å². The van der Waals surface area contributed by atoms with Gasteiger partial charge in [0.1, 0.15) is 13.2 Å². The molecule has 1 aliphatic heterocycles. The topological polar surface area (TPSA) is 73.6 Å². The van der Waals surface area contributed by atoms with Crippen molar-refractivity contribution in [2.75, 3.05) is 13.2 Å². The summed E-state index contributed by atoms with van der Waals surface area (Å²) >= 11 is 0. The third kappa shape index (κ3) is 2.09. The first-order chi connectivity index (χ1) is 9.69. The van der Waals surface area contributed by atoms with E-state index in [0.717, 1.165) is 11.3 Å². The third-order valence-corrected chi connectivity index (χ3v) is 3.14. The molecule has 0 atom stereocenters. The molecule has 1 aliphatic rings. The van der Waals surface area contributed by atoms with E-state index in [2.05, 4.69) is 5.10 Å². The second kappa shape index (κ2) is 4.88. The van der Waals surface area contributed by atoms with Crippen molar-refractivity contribution in [2.45, 2.75) is 13.5 Å². The van der Waals surface area contributed by atoms with Crippen LogP contribution in [0, 0.1) is 0 Å². The number of aryl methyl sites for hydroxylation is 1. The number of carboxylic acids is 1. The maximum absolute atomic E-state index is 11.0. The van der Waals surface area contributed by atoms with Gasteiger partial charge in [0.05, 0.1) is 5.69 Å². The number of hydrogen-bond donors (Lipinski definition) is 1. The highest BCUT2D eigenvalue weighted by atomic mass is 16.6. The molecular weight excluding hydrogens is 260 g/mol. The largest absolute Gasteiger partial charge is 0.486 e. The molecule has 1 N–H and O–H groups in total. The van der Waals surface area contributed by atoms with Crippen molar-refractivity contribution < 1.29 is 19.4 Å². The first-order valence-electron chi connectivity index (χ1n) is 6.40. The summed E-state index contributed by atoms with van der Waals surface area (Å²) in [6.07, 6.45) is 0. The number of ether oxygens (including phenoxy) is 2. The molecule has 6 heteroatoms. The maximum atomic E-state index is 11.0. The molecule has 0 aliphatic carbocycles. The highest BCUT2D eigenvalue weighted by Crippen LogP contribution is 2.34. The number of nitrogens with zero attached hydrogens (tertiary/aromatic N) is 2. The Kier molecular flexibility index (Phi) is 3.06. The third-order valence-electron chi connectivity index (χ3n) is 3.14. The van der Waals surface area contributed by atoms with E-state index in [-0.39, 0.29) is 5.69 Å². The summed E-state index contributed by atoms with van der Waals surface area (Å²) in [6, 6.07) is 7.13. The minimum absolute atomic E-state index is 0.0386. The molecule has 0 unspecified atom stereocenters. The van der Waals surface area contributed by atoms with Crippen molar-refractivity contribution in [3.63, 3.8) is 0 Å². The Labute approximate surface area is 115 Å². The fourth-order valence-electron chi connectivity index (χ4n) is 2.20. The van der Waals surface area contributed by atoms with Crippen molar-refractivity contribution in [2.24, 2.45) is 0 Å². The van der Waals surface area contributed by atoms with Gasteiger partial charge in [0.2, 0.25) is 0 Å². The fourth-order valence-corrected chi connectivity index (χ4v) is 2.20. The highest BCUT2D eigenvalue weighted by molar-refractivity contribution is 5.87. The number of carboxylic acid groups (broad SMARTS) is 1. The van der Waals surface area contributed by atoms with E-state index in [0.29, 0.717) is 31.3 Å². The summed E-state index contributed by atoms with van der Waals surface area (Å²) in [5.74, 6) is 0.353. The van der Waals surface area contributed by atoms with Crippen molar-refractivity contribution in [3.05, 3.63) is 30.0 Å². The van der Waals surface area contributed by atoms with Crippen LogP contribution in [0.5, 0.6) is 11.5 Å². The van der Waals surface area contributed by atoms with Gasteiger partial charge in [0, 0.05) is 12.1 Å². The lowest BCUT2D eigenvalue weighted by Crippen LogP contribution is -2.15. The molecule has 104 valence electrons. The summed E-state index contributed by atoms with van der Waals surface area (Å²) in [6.45, 7) is 3.57. The van der Waals surface area contributed by atoms with Gasteiger partial charge >= 0.3 is 5.97 Å². The molecule has 0 amide bonds. The standard InChI is InChI=1S/C14H14N2O4/c1-2-16-11(8-10(15-16)14(17)18)9-3-4-12-13(7-9)20-6-5-19-12/h3-4,7-8H,2,5-6H2,1H3,(H,17,18). The van der Waals surface area contributed by atoms with Gasteiger partial charge in [-0.2, -0.15) is 5.10 Å². The molecule has 6 nitrogen and oxygen atoms in total. The molecule has 0 bridgehead atoms. The average molecular weight is 274 g/mol. The lowest BCUT2D eigenvalue weighted by Gasteiger charge is -2.19. The molecule has 0 fully saturated rings. The maximum Gasteiger partial charge on any atom is 0.356 e. The Bertz CT molecular complexity index is 663. The number of aromatic nitrogens is 2. The van der Waals surface area contributed by atoms with E-state index in [4.69, 9.17) is 14.6 Å². The van der Waals surface area contributed by atoms with Gasteiger partial charge in [-0.1, -0.05) is 0 Å². The van der Waals surface area contributed by atoms with E-state index in [1.54, 1.807) is 10.7 Å². The molecule has 0 radical (unpaired) electrons. The van der Waals surface area contributed by atoms with Crippen LogP contribution in [0.15, 0.2) is 24.3 Å². The average Bonchev–Trinajstić information content (AvgIpc) is 2.91. The Hall–Kier alpha value is -2.50. The minimum atomic E-state index is -1.03. The van der Waals surface area contributed by atoms with Crippen molar-refractivity contribution in [3.8, 4) is 22.8 Å². The number of benzene rings is 1. The van der Waals surface area contributed by atoms with E-state index in [1.807, 2.05) is 25.1 Å². The predicted octanol–water partition coefficient (Wildman–Crippen LogP) is 2.04. The van der Waals surface area contributed by atoms with Gasteiger partial charge in [-0.3, -0.25) is 4.68 Å². The van der Waals surface area contributed by atoms with Crippen LogP contribution in [0.25, 0.3) is 11.3 Å². The molecule has 0 saturated heterocycles. The number of carbonyl (C=O) groups is 1. The van der Waals surface area contributed by atoms with Gasteiger partial charge in [0.25, 0.3) is 0 Å². The highest BCUT2D eigenvalue weighted by Gasteiger charge is 2.17. The molecule has 0 saturated carbocycles. The van der Waals surface area contributed by atoms with Gasteiger partial charge < -0.3 is 14.6 Å². The molecule has 2 aromatic rings. The number of fused-ring (bicyclic) bond motifs is 1. The van der Waals surface area contributed by atoms with Crippen molar-refractivity contribution in [1.29, 1.82) is 0 Å². The van der Waals surface area contributed by atoms with Crippen LogP contribution in [-0.2, 0) is 6.54 Å². The smallest absolute Gasteiger partial charge is 0.356 e. The lowest BCUT2D eigenvalue weighted by molar-refractivity contribution is 0.0689. The quantitative estimate of drug-likeness (QED) is 0.927. The van der Waals surface area contributed by atoms with Crippen LogP contribution in [-0.4, -0.2) is 34.1 Å². The second-order valence-electron chi connectivity index (χ2n) is 4.39. The SMILES string of the molecule is CCn1nc(C(=O)O)cc1-c1ccc2c(c1)OCCO2. The first-order valence-corrected chi connectivity index (χ1v) is 6.40. The minimum Gasteiger partial charge on any atom is -0.486 e. The Morgan fingerprint density at radius 1 is 1.30 bits per heavy atom. The zero-order chi connectivity index (χ0) is 14.1. The fraction of sp³-hybridized carbons (Fsp3) is 0.286. The van der Waals surface area contributed by atoms with Crippen LogP contribution in [0.3, 0.4) is 0 Å². The van der Waals surface area contributed by atoms with Gasteiger partial charge in [-0.15, -0.1) is 0 Å². The zero-order valence-corrected chi connectivity index (χ0v) is 11.0. The molecule has 1 aromatic heterocycles. The number of aromatic carboxylic acids is 1. The van der Waals surface area contributed by atoms with Crippen molar-refractivity contribution in [1.82, 2.24) is 9.78 Å². The summed E-state index contributed by atoms with van der Waals surface area (Å²) in [5.41, 5.74) is 1.65. The number of rotatable bonds is 3. The van der Waals surface area contributed by atoms with E-state index >= 15 is 0 Å². The summed E-state index contributed by atoms with van der Waals surface area (Å²) in [5, 5.41) is 13.1. The van der Waals surface area contributed by atoms with Crippen molar-refractivity contribution >= 4 is 5.97 Å². The molecule has 3 rings (SSSR count). The van der Waals surface area contributed by atoms with Gasteiger partial charge in [0.15, 0.2) is 17.2 Å². The molecular formula is C14H14N2O4. The summed E-state index contributed by atoms with van der Waals surface area (Å²) in [7, 11) is 0. The molecule has 0 spiro atoms. The van der Waals surface area contributed by atoms with Crippen LogP contribution < -0.4 is 9.47 Å². The zero-order valence-electron chi connectivity index (χ0n) is 11.0. The second-order valence-corrected chi connectivity index (χ2v) is 4.39. The Morgan fingerprint density at radius 2 is 2.05 bits per heavy atom. The monoisotopic (exact) mass is 274 g/mol. The van der Waals surface area contributed by atoms with Crippen LogP contribution in [0.2, 0.25) is 0 Å². The number of hydrogen-bond acceptors (Lipinski definition) is 4. The molecule has 20 heavy (non-hydrogen) atoms. The normalized spacial score (nSPS) is 13.2. The lowest BCUT2D eigenvalue weighted by atomic mass is 10.1. The Morgan fingerprint density at radius 3 is 2.75 bits per heavy atom. The van der Waals surface area contributed by atoms with Crippen LogP contribution in [0.1, 0.15) is 17.4 Å². The van der Waals surface area contributed by atoms with Crippen LogP contribution >= 0.6 is 0 Å². The van der Waals surface area contributed by atoms with E-state index in [9.17, 15) is 4.79 Å². The van der Waals surface area contributed by atoms with Crippen LogP contribution in [0.4, 0.5) is 0 Å². The molecule has 1 aromatic carbocycles. The molecule has 2 heterocycles. The Balaban J connectivity index is 2.06. The van der Waals surface area contributed by atoms with E-state index in [1.165, 1.54) is 0 Å². The first kappa shape index (κ1) is 12.5. The predicted molar refractivity (Wildman–Crippen MR) is 71.3 cm³/mol. The van der Waals surface area contributed by atoms with Gasteiger partial charge in [-0.05, 0) is 31.2 Å². The summed E-state index contributed by atoms with van der Waals surface area (Å²) < 4.78 is 12.7. The summed E-state index contributed by atoms with van der Waals surface area (Å²) in [4.78, 5) is 11.0.